The fourth-order valence-electron chi connectivity index (χ4n) is 10.9. The van der Waals surface area contributed by atoms with Crippen molar-refractivity contribution in [2.45, 2.75) is 78.6 Å². The highest BCUT2D eigenvalue weighted by atomic mass is 15.1. The van der Waals surface area contributed by atoms with Crippen LogP contribution >= 0.6 is 0 Å². The van der Waals surface area contributed by atoms with Gasteiger partial charge in [0.1, 0.15) is 0 Å². The highest BCUT2D eigenvalue weighted by Gasteiger charge is 2.36. The van der Waals surface area contributed by atoms with Gasteiger partial charge >= 0.3 is 0 Å². The molecule has 2 heteroatoms. The third kappa shape index (κ3) is 6.68. The second-order valence-electron chi connectivity index (χ2n) is 21.1. The molecule has 0 saturated heterocycles. The average Bonchev–Trinajstić information content (AvgIpc) is 3.31. The van der Waals surface area contributed by atoms with Crippen LogP contribution in [-0.2, 0) is 16.2 Å². The van der Waals surface area contributed by atoms with E-state index in [9.17, 15) is 0 Å². The normalized spacial score (nSPS) is 13.3. The second-order valence-corrected chi connectivity index (χ2v) is 21.1. The van der Waals surface area contributed by atoms with E-state index in [-0.39, 0.29) is 16.2 Å². The number of hydrogen-bond donors (Lipinski definition) is 0. The Hall–Kier alpha value is -7.16. The fraction of sp³-hybridized carbons (Fsp3) is 0.188. The topological polar surface area (TPSA) is 6.48 Å². The first-order valence-corrected chi connectivity index (χ1v) is 23.6. The zero-order valence-corrected chi connectivity index (χ0v) is 39.8. The molecule has 0 aliphatic heterocycles. The van der Waals surface area contributed by atoms with Gasteiger partial charge in [-0.2, -0.15) is 0 Å². The zero-order chi connectivity index (χ0) is 45.7. The van der Waals surface area contributed by atoms with Crippen LogP contribution < -0.4 is 9.80 Å². The van der Waals surface area contributed by atoms with Crippen LogP contribution in [0.3, 0.4) is 0 Å². The predicted octanol–water partition coefficient (Wildman–Crippen LogP) is 18.4. The molecule has 0 heterocycles. The van der Waals surface area contributed by atoms with E-state index in [0.29, 0.717) is 0 Å². The van der Waals surface area contributed by atoms with Gasteiger partial charge in [-0.3, -0.25) is 0 Å². The molecule has 1 aliphatic rings. The Morgan fingerprint density at radius 1 is 0.379 bits per heavy atom. The summed E-state index contributed by atoms with van der Waals surface area (Å²) in [6.45, 7) is 20.9. The first kappa shape index (κ1) is 41.5. The van der Waals surface area contributed by atoms with E-state index in [0.717, 1.165) is 22.7 Å². The van der Waals surface area contributed by atoms with E-state index in [4.69, 9.17) is 0 Å². The largest absolute Gasteiger partial charge is 0.310 e. The van der Waals surface area contributed by atoms with Crippen LogP contribution in [0.5, 0.6) is 0 Å². The molecular formula is C64H58N2. The average molecular weight is 855 g/mol. The Morgan fingerprint density at radius 3 is 1.38 bits per heavy atom. The Kier molecular flexibility index (Phi) is 9.57. The van der Waals surface area contributed by atoms with Gasteiger partial charge in [-0.05, 0) is 150 Å². The van der Waals surface area contributed by atoms with Gasteiger partial charge in [0.25, 0.3) is 0 Å². The molecule has 10 aromatic rings. The van der Waals surface area contributed by atoms with E-state index in [1.165, 1.54) is 93.4 Å². The number of nitrogens with zero attached hydrogens (tertiary/aromatic N) is 2. The summed E-state index contributed by atoms with van der Waals surface area (Å²) >= 11 is 0. The summed E-state index contributed by atoms with van der Waals surface area (Å²) in [5.74, 6) is 0. The van der Waals surface area contributed by atoms with Crippen molar-refractivity contribution in [3.63, 3.8) is 0 Å². The molecule has 0 N–H and O–H groups in total. The van der Waals surface area contributed by atoms with Crippen LogP contribution in [-0.4, -0.2) is 0 Å². The van der Waals surface area contributed by atoms with Crippen molar-refractivity contribution in [1.29, 1.82) is 0 Å². The molecule has 66 heavy (non-hydrogen) atoms. The summed E-state index contributed by atoms with van der Waals surface area (Å²) in [5.41, 5.74) is 16.1. The Labute approximate surface area is 390 Å². The molecule has 10 aromatic carbocycles. The molecule has 11 rings (SSSR count). The van der Waals surface area contributed by atoms with Gasteiger partial charge in [0.05, 0.1) is 11.4 Å². The van der Waals surface area contributed by atoms with Gasteiger partial charge in [-0.25, -0.2) is 0 Å². The number of benzene rings is 10. The maximum absolute atomic E-state index is 2.48. The SMILES string of the molecule is Cc1c2c3c(cccc3c3cc(N(c4ccc(C(C)(C)C)cc4)c4cccc5ccccc45)ccc13)C(C)(C)c1cc(N(c3ccc(C(C)(C)C)cc3)c3cccc4ccccc34)ccc1-2. The number of hydrogen-bond acceptors (Lipinski definition) is 2. The van der Waals surface area contributed by atoms with Crippen LogP contribution in [0, 0.1) is 6.92 Å². The van der Waals surface area contributed by atoms with E-state index >= 15 is 0 Å². The lowest BCUT2D eigenvalue weighted by Crippen LogP contribution is -2.25. The van der Waals surface area contributed by atoms with Crippen molar-refractivity contribution in [2.75, 3.05) is 9.80 Å². The second kappa shape index (κ2) is 15.2. The van der Waals surface area contributed by atoms with Crippen molar-refractivity contribution in [3.05, 3.63) is 216 Å². The number of rotatable bonds is 6. The van der Waals surface area contributed by atoms with Gasteiger partial charge in [0.15, 0.2) is 0 Å². The molecule has 0 atom stereocenters. The van der Waals surface area contributed by atoms with E-state index in [1.807, 2.05) is 0 Å². The number of fused-ring (bicyclic) bond motifs is 6. The Bertz CT molecular complexity index is 3510. The third-order valence-electron chi connectivity index (χ3n) is 14.5. The van der Waals surface area contributed by atoms with E-state index in [1.54, 1.807) is 0 Å². The maximum atomic E-state index is 2.48. The summed E-state index contributed by atoms with van der Waals surface area (Å²) in [4.78, 5) is 4.92. The minimum atomic E-state index is -0.278. The molecule has 0 saturated carbocycles. The monoisotopic (exact) mass is 854 g/mol. The quantitative estimate of drug-likeness (QED) is 0.154. The Balaban J connectivity index is 1.11. The molecule has 0 fully saturated rings. The van der Waals surface area contributed by atoms with Crippen LogP contribution in [0.2, 0.25) is 0 Å². The molecule has 0 aromatic heterocycles. The highest BCUT2D eigenvalue weighted by Crippen LogP contribution is 2.54. The van der Waals surface area contributed by atoms with Gasteiger partial charge in [-0.15, -0.1) is 0 Å². The van der Waals surface area contributed by atoms with Crippen molar-refractivity contribution in [1.82, 2.24) is 0 Å². The fourth-order valence-corrected chi connectivity index (χ4v) is 10.9. The maximum Gasteiger partial charge on any atom is 0.0540 e. The summed E-state index contributed by atoms with van der Waals surface area (Å²) < 4.78 is 0. The van der Waals surface area contributed by atoms with Gasteiger partial charge in [-0.1, -0.05) is 183 Å². The van der Waals surface area contributed by atoms with Crippen molar-refractivity contribution >= 4 is 77.2 Å². The first-order valence-electron chi connectivity index (χ1n) is 23.6. The first-order chi connectivity index (χ1) is 31.7. The van der Waals surface area contributed by atoms with Crippen molar-refractivity contribution < 1.29 is 0 Å². The molecule has 0 amide bonds. The third-order valence-corrected chi connectivity index (χ3v) is 14.5. The zero-order valence-electron chi connectivity index (χ0n) is 39.8. The van der Waals surface area contributed by atoms with Crippen molar-refractivity contribution in [3.8, 4) is 11.1 Å². The van der Waals surface area contributed by atoms with Gasteiger partial charge in [0, 0.05) is 38.9 Å². The lowest BCUT2D eigenvalue weighted by Gasteiger charge is -2.38. The summed E-state index contributed by atoms with van der Waals surface area (Å²) in [5, 5.41) is 10.1. The molecule has 2 nitrogen and oxygen atoms in total. The molecule has 0 unspecified atom stereocenters. The summed E-state index contributed by atoms with van der Waals surface area (Å²) in [7, 11) is 0. The van der Waals surface area contributed by atoms with Crippen LogP contribution in [0.4, 0.5) is 34.1 Å². The molecule has 1 aliphatic carbocycles. The highest BCUT2D eigenvalue weighted by molar-refractivity contribution is 6.19. The molecule has 324 valence electrons. The van der Waals surface area contributed by atoms with Crippen LogP contribution in [0.1, 0.15) is 83.2 Å². The van der Waals surface area contributed by atoms with E-state index < -0.39 is 0 Å². The predicted molar refractivity (Wildman–Crippen MR) is 286 cm³/mol. The molecular weight excluding hydrogens is 797 g/mol. The summed E-state index contributed by atoms with van der Waals surface area (Å²) in [6, 6.07) is 70.7. The number of anilines is 6. The summed E-state index contributed by atoms with van der Waals surface area (Å²) in [6.07, 6.45) is 0. The Morgan fingerprint density at radius 2 is 0.833 bits per heavy atom. The minimum absolute atomic E-state index is 0.0606. The smallest absolute Gasteiger partial charge is 0.0540 e. The van der Waals surface area contributed by atoms with Crippen LogP contribution in [0.15, 0.2) is 188 Å². The molecule has 0 spiro atoms. The van der Waals surface area contributed by atoms with Gasteiger partial charge in [0.2, 0.25) is 0 Å². The minimum Gasteiger partial charge on any atom is -0.310 e. The molecule has 0 radical (unpaired) electrons. The number of aryl methyl sites for hydroxylation is 1. The molecule has 0 bridgehead atoms. The standard InChI is InChI=1S/C64H58N2/c1-41-50-37-35-48(65(46-31-27-44(28-32-46)62(2,3)4)58-25-14-19-42-17-10-12-21-51(42)58)39-55(50)53-23-16-24-56-61(53)60(41)54-38-36-49(40-57(54)64(56,8)9)66(47-33-29-45(30-34-47)63(5,6)7)59-26-15-20-43-18-11-13-22-52(43)59/h10-40H,1-9H3. The lowest BCUT2D eigenvalue weighted by atomic mass is 9.67. The van der Waals surface area contributed by atoms with E-state index in [2.05, 4.69) is 260 Å². The van der Waals surface area contributed by atoms with Crippen molar-refractivity contribution in [2.24, 2.45) is 0 Å². The van der Waals surface area contributed by atoms with Crippen LogP contribution in [0.25, 0.3) is 54.2 Å². The lowest BCUT2D eigenvalue weighted by molar-refractivity contribution is 0.590. The van der Waals surface area contributed by atoms with Gasteiger partial charge < -0.3 is 9.80 Å².